The summed E-state index contributed by atoms with van der Waals surface area (Å²) in [7, 11) is 0. The van der Waals surface area contributed by atoms with Gasteiger partial charge in [0.1, 0.15) is 0 Å². The standard InChI is InChI=1S/C14H8F3N3O/c15-14(16,17)11-3-1-2-9(6-11)12-4-5-18-13-10(8-21)7-19-20(12)13/h1-8H. The van der Waals surface area contributed by atoms with E-state index in [4.69, 9.17) is 0 Å². The number of aldehydes is 1. The van der Waals surface area contributed by atoms with Gasteiger partial charge in [0.25, 0.3) is 0 Å². The second-order valence-electron chi connectivity index (χ2n) is 4.36. The Balaban J connectivity index is 2.21. The number of fused-ring (bicyclic) bond motifs is 1. The number of carbonyl (C=O) groups excluding carboxylic acids is 1. The molecule has 0 radical (unpaired) electrons. The number of nitrogens with zero attached hydrogens (tertiary/aromatic N) is 3. The molecule has 7 heteroatoms. The Hall–Kier alpha value is -2.70. The molecule has 0 amide bonds. The van der Waals surface area contributed by atoms with Crippen LogP contribution in [0.25, 0.3) is 16.9 Å². The predicted octanol–water partition coefficient (Wildman–Crippen LogP) is 3.23. The van der Waals surface area contributed by atoms with E-state index in [2.05, 4.69) is 10.1 Å². The van der Waals surface area contributed by atoms with Crippen molar-refractivity contribution in [3.8, 4) is 11.3 Å². The Morgan fingerprint density at radius 1 is 1.19 bits per heavy atom. The van der Waals surface area contributed by atoms with E-state index in [0.29, 0.717) is 23.2 Å². The molecular weight excluding hydrogens is 283 g/mol. The summed E-state index contributed by atoms with van der Waals surface area (Å²) in [5, 5.41) is 4.00. The lowest BCUT2D eigenvalue weighted by Crippen LogP contribution is -2.05. The van der Waals surface area contributed by atoms with Crippen LogP contribution in [0.2, 0.25) is 0 Å². The fourth-order valence-electron chi connectivity index (χ4n) is 2.07. The van der Waals surface area contributed by atoms with Crippen LogP contribution in [-0.2, 0) is 6.18 Å². The first-order valence-electron chi connectivity index (χ1n) is 5.96. The zero-order chi connectivity index (χ0) is 15.0. The first-order chi connectivity index (χ1) is 10.0. The van der Waals surface area contributed by atoms with Gasteiger partial charge in [-0.05, 0) is 18.2 Å². The average molecular weight is 291 g/mol. The van der Waals surface area contributed by atoms with Gasteiger partial charge in [0.05, 0.1) is 23.0 Å². The van der Waals surface area contributed by atoms with Crippen molar-refractivity contribution in [2.24, 2.45) is 0 Å². The molecule has 0 aliphatic rings. The van der Waals surface area contributed by atoms with Gasteiger partial charge in [-0.3, -0.25) is 4.79 Å². The molecule has 0 saturated carbocycles. The normalized spacial score (nSPS) is 11.8. The Bertz CT molecular complexity index is 824. The number of aromatic nitrogens is 3. The van der Waals surface area contributed by atoms with Gasteiger partial charge in [0.2, 0.25) is 0 Å². The lowest BCUT2D eigenvalue weighted by molar-refractivity contribution is -0.137. The van der Waals surface area contributed by atoms with Crippen LogP contribution >= 0.6 is 0 Å². The highest BCUT2D eigenvalue weighted by molar-refractivity contribution is 5.84. The van der Waals surface area contributed by atoms with E-state index in [-0.39, 0.29) is 5.56 Å². The minimum absolute atomic E-state index is 0.281. The quantitative estimate of drug-likeness (QED) is 0.681. The fourth-order valence-corrected chi connectivity index (χ4v) is 2.07. The van der Waals surface area contributed by atoms with E-state index >= 15 is 0 Å². The summed E-state index contributed by atoms with van der Waals surface area (Å²) < 4.78 is 39.7. The molecule has 0 aliphatic heterocycles. The van der Waals surface area contributed by atoms with Crippen molar-refractivity contribution in [3.05, 3.63) is 53.9 Å². The molecule has 0 aliphatic carbocycles. The van der Waals surface area contributed by atoms with Crippen molar-refractivity contribution < 1.29 is 18.0 Å². The average Bonchev–Trinajstić information content (AvgIpc) is 2.89. The molecule has 106 valence electrons. The van der Waals surface area contributed by atoms with Gasteiger partial charge in [-0.1, -0.05) is 12.1 Å². The Morgan fingerprint density at radius 3 is 2.71 bits per heavy atom. The van der Waals surface area contributed by atoms with Crippen LogP contribution in [-0.4, -0.2) is 20.9 Å². The molecule has 4 nitrogen and oxygen atoms in total. The maximum Gasteiger partial charge on any atom is 0.416 e. The van der Waals surface area contributed by atoms with Crippen molar-refractivity contribution >= 4 is 11.9 Å². The molecule has 1 aromatic carbocycles. The highest BCUT2D eigenvalue weighted by Crippen LogP contribution is 2.32. The van der Waals surface area contributed by atoms with E-state index in [1.54, 1.807) is 12.1 Å². The molecule has 2 heterocycles. The zero-order valence-electron chi connectivity index (χ0n) is 10.5. The van der Waals surface area contributed by atoms with E-state index in [1.165, 1.54) is 23.0 Å². The predicted molar refractivity (Wildman–Crippen MR) is 68.8 cm³/mol. The molecule has 21 heavy (non-hydrogen) atoms. The van der Waals surface area contributed by atoms with Crippen LogP contribution < -0.4 is 0 Å². The summed E-state index contributed by atoms with van der Waals surface area (Å²) in [6, 6.07) is 6.46. The highest BCUT2D eigenvalue weighted by atomic mass is 19.4. The maximum absolute atomic E-state index is 12.8. The third kappa shape index (κ3) is 2.26. The summed E-state index contributed by atoms with van der Waals surface area (Å²) in [5.74, 6) is 0. The van der Waals surface area contributed by atoms with Crippen LogP contribution in [0.1, 0.15) is 15.9 Å². The molecule has 2 aromatic heterocycles. The number of hydrogen-bond donors (Lipinski definition) is 0. The minimum atomic E-state index is -4.42. The van der Waals surface area contributed by atoms with Crippen molar-refractivity contribution in [1.82, 2.24) is 14.6 Å². The number of carbonyl (C=O) groups is 1. The molecule has 0 saturated heterocycles. The largest absolute Gasteiger partial charge is 0.416 e. The van der Waals surface area contributed by atoms with Crippen molar-refractivity contribution in [3.63, 3.8) is 0 Å². The van der Waals surface area contributed by atoms with Crippen LogP contribution in [0, 0.1) is 0 Å². The number of halogens is 3. The molecule has 0 atom stereocenters. The second-order valence-corrected chi connectivity index (χ2v) is 4.36. The fraction of sp³-hybridized carbons (Fsp3) is 0.0714. The summed E-state index contributed by atoms with van der Waals surface area (Å²) >= 11 is 0. The Morgan fingerprint density at radius 2 is 2.00 bits per heavy atom. The van der Waals surface area contributed by atoms with Gasteiger partial charge < -0.3 is 0 Å². The van der Waals surface area contributed by atoms with Gasteiger partial charge in [0.15, 0.2) is 11.9 Å². The molecular formula is C14H8F3N3O. The summed E-state index contributed by atoms with van der Waals surface area (Å²) in [6.45, 7) is 0. The van der Waals surface area contributed by atoms with Gasteiger partial charge in [0, 0.05) is 11.8 Å². The molecule has 3 rings (SSSR count). The summed E-state index contributed by atoms with van der Waals surface area (Å²) in [5.41, 5.74) is 0.619. The van der Waals surface area contributed by atoms with Gasteiger partial charge in [-0.25, -0.2) is 9.50 Å². The topological polar surface area (TPSA) is 47.3 Å². The van der Waals surface area contributed by atoms with Gasteiger partial charge >= 0.3 is 6.18 Å². The van der Waals surface area contributed by atoms with Crippen LogP contribution in [0.5, 0.6) is 0 Å². The Kier molecular flexibility index (Phi) is 2.97. The summed E-state index contributed by atoms with van der Waals surface area (Å²) in [6.07, 6.45) is -1.06. The van der Waals surface area contributed by atoms with Crippen molar-refractivity contribution in [2.75, 3.05) is 0 Å². The first kappa shape index (κ1) is 13.3. The second kappa shape index (κ2) is 4.69. The van der Waals surface area contributed by atoms with Crippen molar-refractivity contribution in [1.29, 1.82) is 0 Å². The zero-order valence-corrected chi connectivity index (χ0v) is 10.5. The monoisotopic (exact) mass is 291 g/mol. The highest BCUT2D eigenvalue weighted by Gasteiger charge is 2.30. The van der Waals surface area contributed by atoms with E-state index in [9.17, 15) is 18.0 Å². The maximum atomic E-state index is 12.8. The van der Waals surface area contributed by atoms with E-state index in [0.717, 1.165) is 12.1 Å². The number of alkyl halides is 3. The SMILES string of the molecule is O=Cc1cnn2c(-c3cccc(C(F)(F)F)c3)ccnc12. The molecule has 0 unspecified atom stereocenters. The smallest absolute Gasteiger partial charge is 0.298 e. The number of rotatable bonds is 2. The molecule has 0 fully saturated rings. The molecule has 3 aromatic rings. The molecule has 0 spiro atoms. The first-order valence-corrected chi connectivity index (χ1v) is 5.96. The lowest BCUT2D eigenvalue weighted by Gasteiger charge is -2.09. The number of benzene rings is 1. The Labute approximate surface area is 116 Å². The van der Waals surface area contributed by atoms with Crippen LogP contribution in [0.3, 0.4) is 0 Å². The third-order valence-corrected chi connectivity index (χ3v) is 3.04. The summed E-state index contributed by atoms with van der Waals surface area (Å²) in [4.78, 5) is 14.9. The van der Waals surface area contributed by atoms with E-state index < -0.39 is 11.7 Å². The van der Waals surface area contributed by atoms with E-state index in [1.807, 2.05) is 0 Å². The van der Waals surface area contributed by atoms with Crippen LogP contribution in [0.4, 0.5) is 13.2 Å². The molecule has 0 N–H and O–H groups in total. The van der Waals surface area contributed by atoms with Crippen LogP contribution in [0.15, 0.2) is 42.7 Å². The third-order valence-electron chi connectivity index (χ3n) is 3.04. The van der Waals surface area contributed by atoms with Crippen molar-refractivity contribution in [2.45, 2.75) is 6.18 Å². The van der Waals surface area contributed by atoms with Gasteiger partial charge in [-0.15, -0.1) is 0 Å². The molecule has 0 bridgehead atoms. The van der Waals surface area contributed by atoms with Gasteiger partial charge in [-0.2, -0.15) is 18.3 Å². The lowest BCUT2D eigenvalue weighted by atomic mass is 10.1. The number of hydrogen-bond acceptors (Lipinski definition) is 3. The minimum Gasteiger partial charge on any atom is -0.298 e.